The monoisotopic (exact) mass is 508 g/mol. The first-order valence-corrected chi connectivity index (χ1v) is 11.2. The Labute approximate surface area is 196 Å². The van der Waals surface area contributed by atoms with E-state index in [2.05, 4.69) is 15.0 Å². The number of nitrogens with one attached hydrogen (secondary N) is 1. The van der Waals surface area contributed by atoms with Gasteiger partial charge in [0.1, 0.15) is 11.5 Å². The summed E-state index contributed by atoms with van der Waals surface area (Å²) in [6.45, 7) is 0. The smallest absolute Gasteiger partial charge is 0.267 e. The number of aryl methyl sites for hydroxylation is 1. The molecule has 0 aliphatic heterocycles. The standard InChI is InChI=1S/C20H15ClF2N6O4S/c1-29-17-9(7-26-20(24)27-17)5-11(19(29)30)15-12(22)3-4-13(16(15)23)28-34(31,32)14-6-10(21)8-25-18(14)33-2/h3-8,28H,1-2H3,(H2,24,26,27). The number of benzene rings is 1. The first kappa shape index (κ1) is 23.3. The van der Waals surface area contributed by atoms with E-state index in [4.69, 9.17) is 22.1 Å². The highest BCUT2D eigenvalue weighted by atomic mass is 35.5. The van der Waals surface area contributed by atoms with Gasteiger partial charge in [0.2, 0.25) is 11.8 Å². The Balaban J connectivity index is 1.88. The number of anilines is 2. The van der Waals surface area contributed by atoms with E-state index in [1.54, 1.807) is 0 Å². The molecule has 0 saturated carbocycles. The summed E-state index contributed by atoms with van der Waals surface area (Å²) in [4.78, 5) is 24.0. The highest BCUT2D eigenvalue weighted by Gasteiger charge is 2.26. The maximum absolute atomic E-state index is 15.5. The topological polar surface area (TPSA) is 142 Å². The van der Waals surface area contributed by atoms with Gasteiger partial charge in [0.15, 0.2) is 10.7 Å². The van der Waals surface area contributed by atoms with Crippen LogP contribution in [0, 0.1) is 11.6 Å². The summed E-state index contributed by atoms with van der Waals surface area (Å²) in [6.07, 6.45) is 2.46. The number of nitrogens with two attached hydrogens (primary N) is 1. The quantitative estimate of drug-likeness (QED) is 0.419. The average Bonchev–Trinajstić information content (AvgIpc) is 2.79. The summed E-state index contributed by atoms with van der Waals surface area (Å²) >= 11 is 5.84. The summed E-state index contributed by atoms with van der Waals surface area (Å²) in [5.41, 5.74) is 3.19. The van der Waals surface area contributed by atoms with Crippen molar-refractivity contribution in [2.24, 2.45) is 7.05 Å². The second kappa shape index (κ2) is 8.50. The normalized spacial score (nSPS) is 11.6. The van der Waals surface area contributed by atoms with Crippen molar-refractivity contribution >= 4 is 44.3 Å². The average molecular weight is 509 g/mol. The molecule has 176 valence electrons. The van der Waals surface area contributed by atoms with E-state index < -0.39 is 43.4 Å². The number of halogens is 3. The number of rotatable bonds is 5. The van der Waals surface area contributed by atoms with Crippen LogP contribution in [-0.2, 0) is 17.1 Å². The van der Waals surface area contributed by atoms with Crippen LogP contribution in [0.2, 0.25) is 5.02 Å². The number of nitrogen functional groups attached to an aromatic ring is 1. The van der Waals surface area contributed by atoms with Gasteiger partial charge in [0.05, 0.1) is 28.9 Å². The zero-order chi connectivity index (χ0) is 24.8. The zero-order valence-electron chi connectivity index (χ0n) is 17.5. The summed E-state index contributed by atoms with van der Waals surface area (Å²) < 4.78 is 64.0. The van der Waals surface area contributed by atoms with E-state index in [-0.39, 0.29) is 33.4 Å². The Morgan fingerprint density at radius 3 is 2.62 bits per heavy atom. The highest BCUT2D eigenvalue weighted by Crippen LogP contribution is 2.33. The molecule has 0 atom stereocenters. The number of methoxy groups -OCH3 is 1. The molecule has 0 aliphatic carbocycles. The molecule has 1 aromatic carbocycles. The van der Waals surface area contributed by atoms with Crippen LogP contribution in [0.4, 0.5) is 20.4 Å². The summed E-state index contributed by atoms with van der Waals surface area (Å²) in [6, 6.07) is 3.96. The molecule has 0 spiro atoms. The Hall–Kier alpha value is -3.84. The van der Waals surface area contributed by atoms with Crippen molar-refractivity contribution in [2.45, 2.75) is 4.90 Å². The van der Waals surface area contributed by atoms with E-state index in [0.717, 1.165) is 22.8 Å². The molecule has 0 bridgehead atoms. The van der Waals surface area contributed by atoms with E-state index in [9.17, 15) is 17.6 Å². The minimum absolute atomic E-state index is 0.0102. The second-order valence-corrected chi connectivity index (χ2v) is 9.07. The van der Waals surface area contributed by atoms with Crippen LogP contribution < -0.4 is 20.8 Å². The summed E-state index contributed by atoms with van der Waals surface area (Å²) in [5, 5.41) is 0.273. The van der Waals surface area contributed by atoms with E-state index in [1.807, 2.05) is 4.72 Å². The van der Waals surface area contributed by atoms with Crippen LogP contribution in [0.25, 0.3) is 22.2 Å². The van der Waals surface area contributed by atoms with Crippen molar-refractivity contribution < 1.29 is 21.9 Å². The minimum Gasteiger partial charge on any atom is -0.480 e. The third kappa shape index (κ3) is 3.99. The van der Waals surface area contributed by atoms with Gasteiger partial charge in [0.25, 0.3) is 15.6 Å². The van der Waals surface area contributed by atoms with Gasteiger partial charge in [-0.3, -0.25) is 14.1 Å². The summed E-state index contributed by atoms with van der Waals surface area (Å²) in [7, 11) is -1.93. The summed E-state index contributed by atoms with van der Waals surface area (Å²) in [5.74, 6) is -2.78. The number of sulfonamides is 1. The van der Waals surface area contributed by atoms with Gasteiger partial charge in [-0.1, -0.05) is 11.6 Å². The Morgan fingerprint density at radius 1 is 1.18 bits per heavy atom. The van der Waals surface area contributed by atoms with Gasteiger partial charge in [-0.25, -0.2) is 27.2 Å². The molecule has 3 aromatic heterocycles. The molecule has 3 heterocycles. The van der Waals surface area contributed by atoms with Crippen LogP contribution in [0.3, 0.4) is 0 Å². The number of pyridine rings is 2. The van der Waals surface area contributed by atoms with Crippen molar-refractivity contribution in [3.63, 3.8) is 0 Å². The van der Waals surface area contributed by atoms with E-state index >= 15 is 4.39 Å². The first-order chi connectivity index (χ1) is 16.0. The second-order valence-electron chi connectivity index (χ2n) is 6.98. The predicted octanol–water partition coefficient (Wildman–Crippen LogP) is 2.71. The van der Waals surface area contributed by atoms with Crippen molar-refractivity contribution in [3.05, 3.63) is 63.7 Å². The molecule has 0 aliphatic rings. The number of aromatic nitrogens is 4. The van der Waals surface area contributed by atoms with Gasteiger partial charge in [-0.2, -0.15) is 4.98 Å². The molecule has 3 N–H and O–H groups in total. The molecule has 4 rings (SSSR count). The van der Waals surface area contributed by atoms with Gasteiger partial charge >= 0.3 is 0 Å². The fourth-order valence-corrected chi connectivity index (χ4v) is 4.70. The molecule has 0 saturated heterocycles. The molecule has 10 nitrogen and oxygen atoms in total. The largest absolute Gasteiger partial charge is 0.480 e. The number of hydrogen-bond acceptors (Lipinski definition) is 8. The molecule has 0 radical (unpaired) electrons. The van der Waals surface area contributed by atoms with Crippen LogP contribution in [0.5, 0.6) is 5.88 Å². The Morgan fingerprint density at radius 2 is 1.91 bits per heavy atom. The van der Waals surface area contributed by atoms with Gasteiger partial charge in [-0.15, -0.1) is 0 Å². The Bertz CT molecular complexity index is 1630. The fourth-order valence-electron chi connectivity index (χ4n) is 3.27. The third-order valence-corrected chi connectivity index (χ3v) is 6.41. The van der Waals surface area contributed by atoms with E-state index in [0.29, 0.717) is 0 Å². The fraction of sp³-hybridized carbons (Fsp3) is 0.100. The lowest BCUT2D eigenvalue weighted by molar-refractivity contribution is 0.385. The lowest BCUT2D eigenvalue weighted by Gasteiger charge is -2.14. The number of ether oxygens (including phenoxy) is 1. The highest BCUT2D eigenvalue weighted by molar-refractivity contribution is 7.92. The maximum Gasteiger partial charge on any atom is 0.267 e. The predicted molar refractivity (Wildman–Crippen MR) is 121 cm³/mol. The van der Waals surface area contributed by atoms with Crippen LogP contribution in [-0.4, -0.2) is 35.0 Å². The van der Waals surface area contributed by atoms with Gasteiger partial charge in [0, 0.05) is 24.8 Å². The molecule has 0 amide bonds. The molecule has 0 unspecified atom stereocenters. The molecular weight excluding hydrogens is 494 g/mol. The maximum atomic E-state index is 15.5. The first-order valence-electron chi connectivity index (χ1n) is 9.36. The van der Waals surface area contributed by atoms with Crippen LogP contribution in [0.15, 0.2) is 46.3 Å². The number of nitrogens with zero attached hydrogens (tertiary/aromatic N) is 4. The van der Waals surface area contributed by atoms with Crippen molar-refractivity contribution in [1.29, 1.82) is 0 Å². The van der Waals surface area contributed by atoms with Crippen molar-refractivity contribution in [1.82, 2.24) is 19.5 Å². The SMILES string of the molecule is COc1ncc(Cl)cc1S(=O)(=O)Nc1ccc(F)c(-c2cc3cnc(N)nc3n(C)c2=O)c1F. The molecule has 34 heavy (non-hydrogen) atoms. The zero-order valence-corrected chi connectivity index (χ0v) is 19.1. The van der Waals surface area contributed by atoms with Crippen molar-refractivity contribution in [2.75, 3.05) is 17.6 Å². The number of fused-ring (bicyclic) bond motifs is 1. The lowest BCUT2D eigenvalue weighted by atomic mass is 10.0. The van der Waals surface area contributed by atoms with Gasteiger partial charge < -0.3 is 10.5 Å². The third-order valence-electron chi connectivity index (χ3n) is 4.84. The number of hydrogen-bond donors (Lipinski definition) is 2. The van der Waals surface area contributed by atoms with Crippen LogP contribution in [0.1, 0.15) is 0 Å². The van der Waals surface area contributed by atoms with Crippen molar-refractivity contribution in [3.8, 4) is 17.0 Å². The minimum atomic E-state index is -4.47. The van der Waals surface area contributed by atoms with Crippen LogP contribution >= 0.6 is 11.6 Å². The van der Waals surface area contributed by atoms with Gasteiger partial charge in [-0.05, 0) is 24.3 Å². The molecule has 4 aromatic rings. The lowest BCUT2D eigenvalue weighted by Crippen LogP contribution is -2.21. The Kier molecular flexibility index (Phi) is 5.83. The molecule has 14 heteroatoms. The van der Waals surface area contributed by atoms with E-state index in [1.165, 1.54) is 32.6 Å². The molecule has 0 fully saturated rings. The molecular formula is C20H15ClF2N6O4S.